The molecule has 10 rings (SSSR count). The van der Waals surface area contributed by atoms with Gasteiger partial charge in [0, 0.05) is 33.5 Å². The summed E-state index contributed by atoms with van der Waals surface area (Å²) in [6.45, 7) is 6.80. The first-order chi connectivity index (χ1) is 24.4. The molecule has 0 saturated heterocycles. The lowest BCUT2D eigenvalue weighted by molar-refractivity contribution is 0.590. The molecule has 1 aromatic heterocycles. The van der Waals surface area contributed by atoms with E-state index in [4.69, 9.17) is 0 Å². The van der Waals surface area contributed by atoms with E-state index >= 15 is 0 Å². The number of hydrogen-bond acceptors (Lipinski definition) is 1. The fraction of sp³-hybridized carbons (Fsp3) is 0.0833. The zero-order chi connectivity index (χ0) is 33.6. The highest BCUT2D eigenvalue weighted by atomic mass is 15.1. The van der Waals surface area contributed by atoms with Gasteiger partial charge in [0.1, 0.15) is 0 Å². The van der Waals surface area contributed by atoms with Crippen LogP contribution in [0.15, 0.2) is 164 Å². The van der Waals surface area contributed by atoms with Crippen molar-refractivity contribution in [1.29, 1.82) is 0 Å². The van der Waals surface area contributed by atoms with Gasteiger partial charge in [0.15, 0.2) is 0 Å². The molecule has 0 amide bonds. The topological polar surface area (TPSA) is 8.17 Å². The van der Waals surface area contributed by atoms with Crippen molar-refractivity contribution >= 4 is 60.4 Å². The summed E-state index contributed by atoms with van der Waals surface area (Å²) in [4.78, 5) is 2.36. The number of aromatic nitrogens is 1. The van der Waals surface area contributed by atoms with Crippen LogP contribution >= 0.6 is 0 Å². The van der Waals surface area contributed by atoms with Crippen LogP contribution in [0.5, 0.6) is 0 Å². The highest BCUT2D eigenvalue weighted by Gasteiger charge is 2.25. The molecular formula is C48H36N2. The van der Waals surface area contributed by atoms with E-state index in [-0.39, 0.29) is 5.41 Å². The molecule has 0 atom stereocenters. The number of anilines is 3. The maximum absolute atomic E-state index is 2.40. The maximum atomic E-state index is 2.40. The van der Waals surface area contributed by atoms with E-state index in [1.807, 2.05) is 0 Å². The standard InChI is InChI=1S/C48H36N2/c1-48(2,3)35-19-23-37(24-20-35)49(36-11-5-4-6-12-36)38-21-17-31-27-42-43-28-32-18-22-39(26-34(32)30-45(43)44(42)29-33(31)25-38)50-46-15-9-7-13-40(46)41-14-8-10-16-47(41)50/h4-30H,1-3H3. The Labute approximate surface area is 292 Å². The maximum Gasteiger partial charge on any atom is 0.0541 e. The lowest BCUT2D eigenvalue weighted by atomic mass is 9.78. The zero-order valence-electron chi connectivity index (χ0n) is 28.5. The fourth-order valence-corrected chi connectivity index (χ4v) is 8.01. The van der Waals surface area contributed by atoms with E-state index in [0.29, 0.717) is 0 Å². The highest BCUT2D eigenvalue weighted by Crippen LogP contribution is 2.51. The molecule has 0 N–H and O–H groups in total. The van der Waals surface area contributed by atoms with Crippen LogP contribution in [0.4, 0.5) is 17.1 Å². The number of fused-ring (bicyclic) bond motifs is 9. The Balaban J connectivity index is 1.07. The Morgan fingerprint density at radius 2 is 0.880 bits per heavy atom. The van der Waals surface area contributed by atoms with Gasteiger partial charge in [0.25, 0.3) is 0 Å². The van der Waals surface area contributed by atoms with E-state index < -0.39 is 0 Å². The molecule has 8 aromatic carbocycles. The van der Waals surface area contributed by atoms with Gasteiger partial charge in [-0.15, -0.1) is 0 Å². The van der Waals surface area contributed by atoms with Crippen LogP contribution in [0.1, 0.15) is 26.3 Å². The second-order valence-electron chi connectivity index (χ2n) is 14.7. The minimum absolute atomic E-state index is 0.106. The monoisotopic (exact) mass is 640 g/mol. The SMILES string of the molecule is CC(C)(C)c1ccc(N(c2ccccc2)c2ccc3cc4c(cc3c2)-c2cc3cc(-n5c6ccccc6c6ccccc65)ccc3cc2-4)cc1. The quantitative estimate of drug-likeness (QED) is 0.186. The van der Waals surface area contributed by atoms with Crippen LogP contribution in [-0.4, -0.2) is 4.57 Å². The zero-order valence-corrected chi connectivity index (χ0v) is 28.5. The van der Waals surface area contributed by atoms with Crippen molar-refractivity contribution < 1.29 is 0 Å². The third-order valence-corrected chi connectivity index (χ3v) is 10.6. The number of rotatable bonds is 4. The van der Waals surface area contributed by atoms with E-state index in [2.05, 4.69) is 194 Å². The molecule has 50 heavy (non-hydrogen) atoms. The predicted molar refractivity (Wildman–Crippen MR) is 214 cm³/mol. The molecule has 1 aliphatic rings. The Hall–Kier alpha value is -6.12. The lowest BCUT2D eigenvalue weighted by Gasteiger charge is -2.28. The molecule has 2 nitrogen and oxygen atoms in total. The van der Waals surface area contributed by atoms with Gasteiger partial charge >= 0.3 is 0 Å². The van der Waals surface area contributed by atoms with Crippen molar-refractivity contribution in [3.05, 3.63) is 169 Å². The normalized spacial score (nSPS) is 12.3. The molecule has 0 aliphatic heterocycles. The Morgan fingerprint density at radius 3 is 1.48 bits per heavy atom. The fourth-order valence-electron chi connectivity index (χ4n) is 8.01. The molecule has 9 aromatic rings. The van der Waals surface area contributed by atoms with Crippen molar-refractivity contribution in [3.8, 4) is 27.9 Å². The lowest BCUT2D eigenvalue weighted by Crippen LogP contribution is -2.13. The average Bonchev–Trinajstić information content (AvgIpc) is 3.48. The predicted octanol–water partition coefficient (Wildman–Crippen LogP) is 13.5. The third kappa shape index (κ3) is 4.42. The van der Waals surface area contributed by atoms with Crippen molar-refractivity contribution in [2.75, 3.05) is 4.90 Å². The largest absolute Gasteiger partial charge is 0.310 e. The van der Waals surface area contributed by atoms with Crippen LogP contribution in [0.2, 0.25) is 0 Å². The van der Waals surface area contributed by atoms with Gasteiger partial charge in [-0.2, -0.15) is 0 Å². The summed E-state index contributed by atoms with van der Waals surface area (Å²) in [7, 11) is 0. The van der Waals surface area contributed by atoms with Gasteiger partial charge in [-0.1, -0.05) is 99.6 Å². The number of benzene rings is 8. The van der Waals surface area contributed by atoms with Crippen LogP contribution in [0.25, 0.3) is 71.3 Å². The van der Waals surface area contributed by atoms with Crippen LogP contribution in [-0.2, 0) is 5.41 Å². The summed E-state index contributed by atoms with van der Waals surface area (Å²) in [5.41, 5.74) is 13.9. The van der Waals surface area contributed by atoms with E-state index in [0.717, 1.165) is 17.1 Å². The molecule has 238 valence electrons. The van der Waals surface area contributed by atoms with Gasteiger partial charge in [-0.25, -0.2) is 0 Å². The van der Waals surface area contributed by atoms with Crippen molar-refractivity contribution in [2.24, 2.45) is 0 Å². The molecule has 0 unspecified atom stereocenters. The molecule has 0 bridgehead atoms. The van der Waals surface area contributed by atoms with Crippen LogP contribution in [0, 0.1) is 0 Å². The van der Waals surface area contributed by atoms with Gasteiger partial charge in [-0.05, 0) is 140 Å². The average molecular weight is 641 g/mol. The Kier molecular flexibility index (Phi) is 6.17. The Morgan fingerprint density at radius 1 is 0.400 bits per heavy atom. The minimum Gasteiger partial charge on any atom is -0.310 e. The number of nitrogens with zero attached hydrogens (tertiary/aromatic N) is 2. The highest BCUT2D eigenvalue weighted by molar-refractivity contribution is 6.13. The molecule has 0 spiro atoms. The van der Waals surface area contributed by atoms with E-state index in [9.17, 15) is 0 Å². The van der Waals surface area contributed by atoms with Gasteiger partial charge in [0.2, 0.25) is 0 Å². The summed E-state index contributed by atoms with van der Waals surface area (Å²) < 4.78 is 2.40. The van der Waals surface area contributed by atoms with Gasteiger partial charge < -0.3 is 9.47 Å². The summed E-state index contributed by atoms with van der Waals surface area (Å²) in [6.07, 6.45) is 0. The number of hydrogen-bond donors (Lipinski definition) is 0. The van der Waals surface area contributed by atoms with Gasteiger partial charge in [0.05, 0.1) is 11.0 Å². The van der Waals surface area contributed by atoms with Crippen molar-refractivity contribution in [3.63, 3.8) is 0 Å². The smallest absolute Gasteiger partial charge is 0.0541 e. The summed E-state index contributed by atoms with van der Waals surface area (Å²) in [6, 6.07) is 60.5. The summed E-state index contributed by atoms with van der Waals surface area (Å²) >= 11 is 0. The first kappa shape index (κ1) is 28.9. The molecule has 0 fully saturated rings. The van der Waals surface area contributed by atoms with E-state index in [1.165, 1.54) is 76.9 Å². The minimum atomic E-state index is 0.106. The van der Waals surface area contributed by atoms with Crippen LogP contribution < -0.4 is 4.90 Å². The molecule has 1 aliphatic carbocycles. The number of para-hydroxylation sites is 3. The second-order valence-corrected chi connectivity index (χ2v) is 14.7. The van der Waals surface area contributed by atoms with Gasteiger partial charge in [-0.3, -0.25) is 0 Å². The first-order valence-electron chi connectivity index (χ1n) is 17.5. The van der Waals surface area contributed by atoms with Crippen molar-refractivity contribution in [2.45, 2.75) is 26.2 Å². The first-order valence-corrected chi connectivity index (χ1v) is 17.5. The van der Waals surface area contributed by atoms with E-state index in [1.54, 1.807) is 0 Å². The molecule has 0 saturated carbocycles. The second kappa shape index (κ2) is 10.7. The molecular weight excluding hydrogens is 605 g/mol. The van der Waals surface area contributed by atoms with Crippen molar-refractivity contribution in [1.82, 2.24) is 4.57 Å². The molecule has 1 heterocycles. The molecule has 2 heteroatoms. The summed E-state index contributed by atoms with van der Waals surface area (Å²) in [5, 5.41) is 7.61. The van der Waals surface area contributed by atoms with Crippen LogP contribution in [0.3, 0.4) is 0 Å². The summed E-state index contributed by atoms with van der Waals surface area (Å²) in [5.74, 6) is 0. The Bertz CT molecular complexity index is 2730. The molecule has 0 radical (unpaired) electrons. The third-order valence-electron chi connectivity index (χ3n) is 10.6.